The quantitative estimate of drug-likeness (QED) is 0.308. The van der Waals surface area contributed by atoms with Crippen LogP contribution in [-0.4, -0.2) is 30.4 Å². The molecule has 0 aromatic heterocycles. The van der Waals surface area contributed by atoms with Gasteiger partial charge in [0.2, 0.25) is 5.91 Å². The molecule has 15 heavy (non-hydrogen) atoms. The predicted molar refractivity (Wildman–Crippen MR) is 61.0 cm³/mol. The molecule has 0 aromatic rings. The minimum Gasteiger partial charge on any atom is -0.303 e. The molecule has 1 saturated heterocycles. The topological polar surface area (TPSA) is 58.4 Å². The molecule has 0 aromatic carbocycles. The minimum absolute atomic E-state index is 0.0537. The largest absolute Gasteiger partial charge is 0.303 e. The van der Waals surface area contributed by atoms with Crippen molar-refractivity contribution in [2.45, 2.75) is 39.0 Å². The number of likely N-dealkylation sites (tertiary alicyclic amines) is 1. The van der Waals surface area contributed by atoms with Gasteiger partial charge in [0, 0.05) is 13.0 Å². The van der Waals surface area contributed by atoms with Crippen molar-refractivity contribution < 1.29 is 4.79 Å². The molecular weight excluding hydrogens is 190 g/mol. The summed E-state index contributed by atoms with van der Waals surface area (Å²) in [4.78, 5) is 13.4. The number of hydrogen-bond donors (Lipinski definition) is 2. The zero-order chi connectivity index (χ0) is 11.1. The molecule has 1 fully saturated rings. The van der Waals surface area contributed by atoms with Crippen molar-refractivity contribution in [3.63, 3.8) is 0 Å². The van der Waals surface area contributed by atoms with Crippen LogP contribution in [0.25, 0.3) is 0 Å². The number of unbranched alkanes of at least 4 members (excludes halogenated alkanes) is 1. The summed E-state index contributed by atoms with van der Waals surface area (Å²) in [6, 6.07) is 0. The molecule has 88 valence electrons. The predicted octanol–water partition coefficient (Wildman–Crippen LogP) is 0.879. The lowest BCUT2D eigenvalue weighted by atomic mass is 10.00. The third-order valence-corrected chi connectivity index (χ3v) is 3.03. The van der Waals surface area contributed by atoms with Crippen LogP contribution in [0, 0.1) is 5.92 Å². The van der Waals surface area contributed by atoms with Gasteiger partial charge in [0.15, 0.2) is 0 Å². The van der Waals surface area contributed by atoms with Gasteiger partial charge in [-0.15, -0.1) is 0 Å². The van der Waals surface area contributed by atoms with E-state index in [0.29, 0.717) is 6.42 Å². The molecule has 1 amide bonds. The first-order valence-electron chi connectivity index (χ1n) is 5.94. The van der Waals surface area contributed by atoms with Gasteiger partial charge in [0.05, 0.1) is 0 Å². The van der Waals surface area contributed by atoms with Crippen LogP contribution in [0.3, 0.4) is 0 Å². The molecule has 4 nitrogen and oxygen atoms in total. The maximum absolute atomic E-state index is 10.9. The molecule has 1 unspecified atom stereocenters. The Labute approximate surface area is 92.2 Å². The van der Waals surface area contributed by atoms with Gasteiger partial charge in [0.1, 0.15) is 0 Å². The average molecular weight is 213 g/mol. The Kier molecular flexibility index (Phi) is 5.65. The zero-order valence-corrected chi connectivity index (χ0v) is 9.67. The number of hydrogen-bond acceptors (Lipinski definition) is 3. The number of hydrazine groups is 1. The first kappa shape index (κ1) is 12.5. The summed E-state index contributed by atoms with van der Waals surface area (Å²) in [7, 11) is 0. The molecule has 0 radical (unpaired) electrons. The van der Waals surface area contributed by atoms with Gasteiger partial charge < -0.3 is 4.90 Å². The molecule has 0 saturated carbocycles. The Morgan fingerprint density at radius 2 is 2.33 bits per heavy atom. The Hall–Kier alpha value is -0.610. The SMILES string of the molecule is CC1CCCN(CCCCC(=O)NN)C1. The molecule has 1 rings (SSSR count). The summed E-state index contributed by atoms with van der Waals surface area (Å²) in [6.45, 7) is 5.90. The van der Waals surface area contributed by atoms with Crippen molar-refractivity contribution in [3.05, 3.63) is 0 Å². The summed E-state index contributed by atoms with van der Waals surface area (Å²) in [5.74, 6) is 5.79. The fourth-order valence-corrected chi connectivity index (χ4v) is 2.18. The molecule has 0 spiro atoms. The zero-order valence-electron chi connectivity index (χ0n) is 9.67. The number of amides is 1. The average Bonchev–Trinajstić information content (AvgIpc) is 2.24. The number of carbonyl (C=O) groups is 1. The first-order chi connectivity index (χ1) is 7.22. The molecule has 4 heteroatoms. The number of carbonyl (C=O) groups excluding carboxylic acids is 1. The monoisotopic (exact) mass is 213 g/mol. The van der Waals surface area contributed by atoms with E-state index < -0.39 is 0 Å². The van der Waals surface area contributed by atoms with Crippen LogP contribution >= 0.6 is 0 Å². The van der Waals surface area contributed by atoms with E-state index in [-0.39, 0.29) is 5.91 Å². The van der Waals surface area contributed by atoms with Crippen molar-refractivity contribution in [2.75, 3.05) is 19.6 Å². The van der Waals surface area contributed by atoms with Crippen LogP contribution in [0.2, 0.25) is 0 Å². The Morgan fingerprint density at radius 3 is 3.00 bits per heavy atom. The van der Waals surface area contributed by atoms with Gasteiger partial charge >= 0.3 is 0 Å². The molecule has 3 N–H and O–H groups in total. The van der Waals surface area contributed by atoms with E-state index >= 15 is 0 Å². The van der Waals surface area contributed by atoms with Crippen LogP contribution in [-0.2, 0) is 4.79 Å². The van der Waals surface area contributed by atoms with Gasteiger partial charge in [-0.05, 0) is 44.7 Å². The molecule has 1 atom stereocenters. The smallest absolute Gasteiger partial charge is 0.233 e. The van der Waals surface area contributed by atoms with Crippen molar-refractivity contribution >= 4 is 5.91 Å². The normalized spacial score (nSPS) is 22.7. The number of nitrogens with zero attached hydrogens (tertiary/aromatic N) is 1. The van der Waals surface area contributed by atoms with Crippen LogP contribution in [0.1, 0.15) is 39.0 Å². The van der Waals surface area contributed by atoms with Gasteiger partial charge in [-0.1, -0.05) is 6.92 Å². The van der Waals surface area contributed by atoms with E-state index in [0.717, 1.165) is 25.3 Å². The van der Waals surface area contributed by atoms with E-state index in [2.05, 4.69) is 17.2 Å². The van der Waals surface area contributed by atoms with Gasteiger partial charge in [-0.3, -0.25) is 10.2 Å². The minimum atomic E-state index is -0.0537. The molecule has 1 heterocycles. The van der Waals surface area contributed by atoms with Gasteiger partial charge in [0.25, 0.3) is 0 Å². The summed E-state index contributed by atoms with van der Waals surface area (Å²) < 4.78 is 0. The van der Waals surface area contributed by atoms with Crippen molar-refractivity contribution in [3.8, 4) is 0 Å². The second-order valence-electron chi connectivity index (χ2n) is 4.57. The number of rotatable bonds is 5. The lowest BCUT2D eigenvalue weighted by Crippen LogP contribution is -2.35. The number of nitrogens with two attached hydrogens (primary N) is 1. The highest BCUT2D eigenvalue weighted by molar-refractivity contribution is 5.75. The van der Waals surface area contributed by atoms with Crippen molar-refractivity contribution in [2.24, 2.45) is 11.8 Å². The van der Waals surface area contributed by atoms with Crippen LogP contribution in [0.15, 0.2) is 0 Å². The summed E-state index contributed by atoms with van der Waals surface area (Å²) in [6.07, 6.45) is 5.28. The molecule has 1 aliphatic heterocycles. The van der Waals surface area contributed by atoms with Crippen LogP contribution in [0.5, 0.6) is 0 Å². The standard InChI is InChI=1S/C11H23N3O/c1-10-5-4-8-14(9-10)7-3-2-6-11(15)13-12/h10H,2-9,12H2,1H3,(H,13,15). The highest BCUT2D eigenvalue weighted by Crippen LogP contribution is 2.15. The molecule has 1 aliphatic rings. The molecular formula is C11H23N3O. The second-order valence-corrected chi connectivity index (χ2v) is 4.57. The fraction of sp³-hybridized carbons (Fsp3) is 0.909. The third-order valence-electron chi connectivity index (χ3n) is 3.03. The molecule has 0 aliphatic carbocycles. The highest BCUT2D eigenvalue weighted by Gasteiger charge is 2.15. The van der Waals surface area contributed by atoms with E-state index in [4.69, 9.17) is 5.84 Å². The highest BCUT2D eigenvalue weighted by atomic mass is 16.2. The first-order valence-corrected chi connectivity index (χ1v) is 5.94. The fourth-order valence-electron chi connectivity index (χ4n) is 2.18. The van der Waals surface area contributed by atoms with Crippen LogP contribution < -0.4 is 11.3 Å². The van der Waals surface area contributed by atoms with Crippen molar-refractivity contribution in [1.29, 1.82) is 0 Å². The van der Waals surface area contributed by atoms with E-state index in [1.807, 2.05) is 0 Å². The van der Waals surface area contributed by atoms with Crippen LogP contribution in [0.4, 0.5) is 0 Å². The number of nitrogens with one attached hydrogen (secondary N) is 1. The Morgan fingerprint density at radius 1 is 1.53 bits per heavy atom. The van der Waals surface area contributed by atoms with Gasteiger partial charge in [-0.25, -0.2) is 5.84 Å². The second kappa shape index (κ2) is 6.80. The van der Waals surface area contributed by atoms with E-state index in [1.165, 1.54) is 25.9 Å². The van der Waals surface area contributed by atoms with E-state index in [1.54, 1.807) is 0 Å². The lowest BCUT2D eigenvalue weighted by molar-refractivity contribution is -0.121. The summed E-state index contributed by atoms with van der Waals surface area (Å²) in [5.41, 5.74) is 2.16. The lowest BCUT2D eigenvalue weighted by Gasteiger charge is -2.30. The summed E-state index contributed by atoms with van der Waals surface area (Å²) in [5, 5.41) is 0. The maximum Gasteiger partial charge on any atom is 0.233 e. The maximum atomic E-state index is 10.9. The Bertz CT molecular complexity index is 196. The van der Waals surface area contributed by atoms with Gasteiger partial charge in [-0.2, -0.15) is 0 Å². The number of piperidine rings is 1. The Balaban J connectivity index is 2.02. The van der Waals surface area contributed by atoms with Crippen molar-refractivity contribution in [1.82, 2.24) is 10.3 Å². The summed E-state index contributed by atoms with van der Waals surface area (Å²) >= 11 is 0. The van der Waals surface area contributed by atoms with E-state index in [9.17, 15) is 4.79 Å². The third kappa shape index (κ3) is 5.14. The molecule has 0 bridgehead atoms.